The highest BCUT2D eigenvalue weighted by Gasteiger charge is 2.15. The quantitative estimate of drug-likeness (QED) is 0.195. The number of carbonyl (C=O) groups is 1. The fraction of sp³-hybridized carbons (Fsp3) is 0.120. The van der Waals surface area contributed by atoms with Crippen LogP contribution < -0.4 is 14.8 Å². The van der Waals surface area contributed by atoms with Gasteiger partial charge in [-0.05, 0) is 71.5 Å². The van der Waals surface area contributed by atoms with E-state index < -0.39 is 5.91 Å². The van der Waals surface area contributed by atoms with Crippen molar-refractivity contribution >= 4 is 51.9 Å². The number of anilines is 1. The lowest BCUT2D eigenvalue weighted by atomic mass is 10.1. The second kappa shape index (κ2) is 11.6. The summed E-state index contributed by atoms with van der Waals surface area (Å²) in [5, 5.41) is 12.9. The van der Waals surface area contributed by atoms with Crippen molar-refractivity contribution in [3.8, 4) is 17.6 Å². The highest BCUT2D eigenvalue weighted by atomic mass is 127. The third-order valence-corrected chi connectivity index (χ3v) is 5.54. The first kappa shape index (κ1) is 23.6. The first-order chi connectivity index (χ1) is 15.5. The number of ether oxygens (including phenoxy) is 2. The third-order valence-electron chi connectivity index (χ3n) is 4.37. The van der Waals surface area contributed by atoms with Gasteiger partial charge in [0.1, 0.15) is 18.2 Å². The molecule has 1 N–H and O–H groups in total. The average Bonchev–Trinajstić information content (AvgIpc) is 2.79. The molecule has 0 bridgehead atoms. The van der Waals surface area contributed by atoms with E-state index in [9.17, 15) is 10.1 Å². The molecule has 3 aromatic carbocycles. The van der Waals surface area contributed by atoms with Gasteiger partial charge < -0.3 is 14.8 Å². The van der Waals surface area contributed by atoms with Crippen LogP contribution in [0, 0.1) is 14.9 Å². The summed E-state index contributed by atoms with van der Waals surface area (Å²) in [6.45, 7) is 2.60. The van der Waals surface area contributed by atoms with Crippen molar-refractivity contribution in [3.63, 3.8) is 0 Å². The monoisotopic (exact) mass is 558 g/mol. The van der Waals surface area contributed by atoms with Crippen LogP contribution in [0.1, 0.15) is 18.1 Å². The summed E-state index contributed by atoms with van der Waals surface area (Å²) in [5.41, 5.74) is 2.12. The number of nitrogens with zero attached hydrogens (tertiary/aromatic N) is 1. The number of halogens is 2. The summed E-state index contributed by atoms with van der Waals surface area (Å²) in [7, 11) is 0. The minimum absolute atomic E-state index is 0.0168. The molecule has 0 atom stereocenters. The second-order valence-electron chi connectivity index (χ2n) is 6.63. The predicted octanol–water partition coefficient (Wildman–Crippen LogP) is 6.47. The minimum Gasteiger partial charge on any atom is -0.490 e. The molecule has 0 saturated heterocycles. The van der Waals surface area contributed by atoms with E-state index in [2.05, 4.69) is 27.9 Å². The number of benzene rings is 3. The molecule has 0 spiro atoms. The smallest absolute Gasteiger partial charge is 0.266 e. The molecular formula is C25H20ClIN2O3. The van der Waals surface area contributed by atoms with Gasteiger partial charge in [-0.1, -0.05) is 48.0 Å². The highest BCUT2D eigenvalue weighted by Crippen LogP contribution is 2.36. The molecule has 0 unspecified atom stereocenters. The molecule has 0 radical (unpaired) electrons. The van der Waals surface area contributed by atoms with Gasteiger partial charge in [-0.3, -0.25) is 4.79 Å². The first-order valence-corrected chi connectivity index (χ1v) is 11.3. The van der Waals surface area contributed by atoms with E-state index in [0.717, 1.165) is 9.13 Å². The van der Waals surface area contributed by atoms with Crippen LogP contribution in [-0.2, 0) is 11.4 Å². The fourth-order valence-electron chi connectivity index (χ4n) is 2.87. The van der Waals surface area contributed by atoms with Gasteiger partial charge in [-0.25, -0.2) is 0 Å². The Morgan fingerprint density at radius 3 is 2.53 bits per heavy atom. The van der Waals surface area contributed by atoms with Gasteiger partial charge in [0.25, 0.3) is 5.91 Å². The summed E-state index contributed by atoms with van der Waals surface area (Å²) < 4.78 is 12.6. The van der Waals surface area contributed by atoms with Crippen LogP contribution in [-0.4, -0.2) is 12.5 Å². The van der Waals surface area contributed by atoms with E-state index in [1.807, 2.05) is 61.5 Å². The van der Waals surface area contributed by atoms with Crippen LogP contribution in [0.2, 0.25) is 5.02 Å². The Morgan fingerprint density at radius 2 is 1.84 bits per heavy atom. The number of carbonyl (C=O) groups excluding carboxylic acids is 1. The second-order valence-corrected chi connectivity index (χ2v) is 8.20. The van der Waals surface area contributed by atoms with Gasteiger partial charge in [0.05, 0.1) is 10.2 Å². The Kier molecular flexibility index (Phi) is 8.54. The molecule has 0 fully saturated rings. The Bertz CT molecular complexity index is 1170. The Morgan fingerprint density at radius 1 is 1.12 bits per heavy atom. The van der Waals surface area contributed by atoms with Gasteiger partial charge in [0.15, 0.2) is 11.5 Å². The van der Waals surface area contributed by atoms with Crippen molar-refractivity contribution in [1.29, 1.82) is 5.26 Å². The molecule has 5 nitrogen and oxygen atoms in total. The molecule has 0 aliphatic carbocycles. The van der Waals surface area contributed by atoms with Gasteiger partial charge in [-0.2, -0.15) is 5.26 Å². The van der Waals surface area contributed by atoms with E-state index in [1.165, 1.54) is 6.08 Å². The fourth-order valence-corrected chi connectivity index (χ4v) is 3.85. The molecule has 1 amide bonds. The molecule has 162 valence electrons. The predicted molar refractivity (Wildman–Crippen MR) is 135 cm³/mol. The molecule has 3 aromatic rings. The molecular weight excluding hydrogens is 539 g/mol. The van der Waals surface area contributed by atoms with E-state index in [-0.39, 0.29) is 12.2 Å². The zero-order valence-corrected chi connectivity index (χ0v) is 20.2. The Labute approximate surface area is 205 Å². The normalized spacial score (nSPS) is 10.9. The van der Waals surface area contributed by atoms with Crippen molar-refractivity contribution in [2.24, 2.45) is 0 Å². The van der Waals surface area contributed by atoms with Crippen LogP contribution in [0.5, 0.6) is 11.5 Å². The molecule has 0 aliphatic heterocycles. The number of para-hydroxylation sites is 1. The third kappa shape index (κ3) is 6.25. The van der Waals surface area contributed by atoms with Crippen molar-refractivity contribution < 1.29 is 14.3 Å². The number of amides is 1. The largest absolute Gasteiger partial charge is 0.490 e. The van der Waals surface area contributed by atoms with Gasteiger partial charge in [0.2, 0.25) is 0 Å². The summed E-state index contributed by atoms with van der Waals surface area (Å²) in [5.74, 6) is 0.626. The van der Waals surface area contributed by atoms with E-state index >= 15 is 0 Å². The molecule has 0 aromatic heterocycles. The number of hydrogen-bond acceptors (Lipinski definition) is 4. The van der Waals surface area contributed by atoms with E-state index in [0.29, 0.717) is 34.4 Å². The standard InChI is InChI=1S/C25H20ClIN2O3/c1-2-31-23-14-17(12-19(15-28)25(30)29-20-9-4-3-5-10-20)13-22(27)24(23)32-16-18-8-6-7-11-21(18)26/h3-14H,2,16H2,1H3,(H,29,30)/b19-12-. The lowest BCUT2D eigenvalue weighted by Crippen LogP contribution is -2.13. The topological polar surface area (TPSA) is 71.3 Å². The van der Waals surface area contributed by atoms with Crippen LogP contribution in [0.15, 0.2) is 72.3 Å². The van der Waals surface area contributed by atoms with Crippen molar-refractivity contribution in [3.05, 3.63) is 92.0 Å². The van der Waals surface area contributed by atoms with Crippen LogP contribution in [0.25, 0.3) is 6.08 Å². The first-order valence-electron chi connectivity index (χ1n) is 9.82. The zero-order chi connectivity index (χ0) is 22.9. The molecule has 0 saturated carbocycles. The van der Waals surface area contributed by atoms with Gasteiger partial charge >= 0.3 is 0 Å². The Balaban J connectivity index is 1.86. The molecule has 0 heterocycles. The summed E-state index contributed by atoms with van der Waals surface area (Å²) >= 11 is 8.37. The maximum atomic E-state index is 12.5. The highest BCUT2D eigenvalue weighted by molar-refractivity contribution is 14.1. The number of hydrogen-bond donors (Lipinski definition) is 1. The number of nitrogens with one attached hydrogen (secondary N) is 1. The van der Waals surface area contributed by atoms with E-state index in [1.54, 1.807) is 18.2 Å². The summed E-state index contributed by atoms with van der Waals surface area (Å²) in [6.07, 6.45) is 1.53. The SMILES string of the molecule is CCOc1cc(/C=C(/C#N)C(=O)Nc2ccccc2)cc(I)c1OCc1ccccc1Cl. The zero-order valence-electron chi connectivity index (χ0n) is 17.3. The molecule has 3 rings (SSSR count). The van der Waals surface area contributed by atoms with Gasteiger partial charge in [-0.15, -0.1) is 0 Å². The molecule has 7 heteroatoms. The van der Waals surface area contributed by atoms with Crippen molar-refractivity contribution in [1.82, 2.24) is 0 Å². The van der Waals surface area contributed by atoms with E-state index in [4.69, 9.17) is 21.1 Å². The van der Waals surface area contributed by atoms with Gasteiger partial charge in [0, 0.05) is 16.3 Å². The Hall–Kier alpha value is -3.02. The lowest BCUT2D eigenvalue weighted by molar-refractivity contribution is -0.112. The van der Waals surface area contributed by atoms with Crippen LogP contribution in [0.4, 0.5) is 5.69 Å². The number of nitriles is 1. The summed E-state index contributed by atoms with van der Waals surface area (Å²) in [6, 6.07) is 22.0. The lowest BCUT2D eigenvalue weighted by Gasteiger charge is -2.15. The molecule has 32 heavy (non-hydrogen) atoms. The summed E-state index contributed by atoms with van der Waals surface area (Å²) in [4.78, 5) is 12.5. The minimum atomic E-state index is -0.481. The van der Waals surface area contributed by atoms with Crippen molar-refractivity contribution in [2.75, 3.05) is 11.9 Å². The average molecular weight is 559 g/mol. The van der Waals surface area contributed by atoms with Crippen LogP contribution >= 0.6 is 34.2 Å². The number of rotatable bonds is 8. The maximum Gasteiger partial charge on any atom is 0.266 e. The van der Waals surface area contributed by atoms with Crippen LogP contribution in [0.3, 0.4) is 0 Å². The van der Waals surface area contributed by atoms with Crippen molar-refractivity contribution in [2.45, 2.75) is 13.5 Å². The maximum absolute atomic E-state index is 12.5. The molecule has 0 aliphatic rings.